The molecule has 8 nitrogen and oxygen atoms in total. The fourth-order valence-electron chi connectivity index (χ4n) is 2.91. The molecule has 0 aromatic heterocycles. The van der Waals surface area contributed by atoms with Crippen LogP contribution < -0.4 is 10.5 Å². The molecule has 3 N–H and O–H groups in total. The second-order valence-electron chi connectivity index (χ2n) is 7.16. The molecule has 0 saturated carbocycles. The zero-order chi connectivity index (χ0) is 21.4. The number of hydrogen-bond donors (Lipinski definition) is 2. The second-order valence-corrected chi connectivity index (χ2v) is 10.3. The zero-order valence-corrected chi connectivity index (χ0v) is 19.3. The van der Waals surface area contributed by atoms with Gasteiger partial charge in [-0.25, -0.2) is 13.6 Å². The van der Waals surface area contributed by atoms with Gasteiger partial charge in [0.2, 0.25) is 15.9 Å². The van der Waals surface area contributed by atoms with Gasteiger partial charge in [-0.05, 0) is 57.9 Å². The first kappa shape index (κ1) is 24.0. The van der Waals surface area contributed by atoms with Gasteiger partial charge in [0.05, 0.1) is 10.6 Å². The summed E-state index contributed by atoms with van der Waals surface area (Å²) in [4.78, 5) is 18.9. The van der Waals surface area contributed by atoms with Crippen LogP contribution in [0.5, 0.6) is 0 Å². The number of primary sulfonamides is 1. The molecule has 1 aromatic rings. The predicted molar refractivity (Wildman–Crippen MR) is 123 cm³/mol. The van der Waals surface area contributed by atoms with Crippen molar-refractivity contribution in [3.05, 3.63) is 24.3 Å². The van der Waals surface area contributed by atoms with E-state index >= 15 is 0 Å². The van der Waals surface area contributed by atoms with Gasteiger partial charge in [-0.1, -0.05) is 24.0 Å². The molecule has 0 unspecified atom stereocenters. The molecule has 1 fully saturated rings. The number of carbonyl (C=O) groups excluding carboxylic acids is 1. The minimum Gasteiger partial charge on any atom is -0.355 e. The fraction of sp³-hybridized carbons (Fsp3) is 0.556. The molecule has 1 amide bonds. The van der Waals surface area contributed by atoms with Crippen LogP contribution in [0, 0.1) is 0 Å². The van der Waals surface area contributed by atoms with Gasteiger partial charge in [0.15, 0.2) is 0 Å². The van der Waals surface area contributed by atoms with E-state index in [1.807, 2.05) is 0 Å². The van der Waals surface area contributed by atoms with Crippen LogP contribution in [0.3, 0.4) is 0 Å². The van der Waals surface area contributed by atoms with E-state index < -0.39 is 10.0 Å². The van der Waals surface area contributed by atoms with E-state index in [2.05, 4.69) is 34.1 Å². The Balaban J connectivity index is 1.69. The molecular formula is C18H29N5O3S3. The topological polar surface area (TPSA) is 99.0 Å². The van der Waals surface area contributed by atoms with E-state index in [1.165, 1.54) is 36.0 Å². The molecule has 29 heavy (non-hydrogen) atoms. The molecule has 1 heterocycles. The summed E-state index contributed by atoms with van der Waals surface area (Å²) < 4.78 is 23.2. The van der Waals surface area contributed by atoms with Gasteiger partial charge in [0.1, 0.15) is 4.32 Å². The fourth-order valence-corrected chi connectivity index (χ4v) is 4.47. The number of thioether (sulfide) groups is 1. The number of nitrogens with one attached hydrogen (secondary N) is 1. The highest BCUT2D eigenvalue weighted by atomic mass is 32.2. The van der Waals surface area contributed by atoms with Gasteiger partial charge in [-0.15, -0.1) is 0 Å². The van der Waals surface area contributed by atoms with Crippen molar-refractivity contribution in [2.45, 2.75) is 11.3 Å². The maximum atomic E-state index is 12.1. The van der Waals surface area contributed by atoms with Crippen LogP contribution in [0.25, 0.3) is 0 Å². The average Bonchev–Trinajstić information content (AvgIpc) is 2.66. The number of nitrogens with two attached hydrogens (primary N) is 1. The highest BCUT2D eigenvalue weighted by Gasteiger charge is 2.19. The van der Waals surface area contributed by atoms with Crippen molar-refractivity contribution < 1.29 is 13.2 Å². The Morgan fingerprint density at radius 2 is 1.83 bits per heavy atom. The molecule has 1 aliphatic rings. The van der Waals surface area contributed by atoms with Gasteiger partial charge in [-0.3, -0.25) is 9.69 Å². The highest BCUT2D eigenvalue weighted by molar-refractivity contribution is 8.23. The van der Waals surface area contributed by atoms with Crippen LogP contribution in [-0.2, 0) is 14.8 Å². The summed E-state index contributed by atoms with van der Waals surface area (Å²) in [5, 5.41) is 7.79. The lowest BCUT2D eigenvalue weighted by atomic mass is 10.3. The number of sulfonamides is 1. The molecule has 0 bridgehead atoms. The van der Waals surface area contributed by atoms with Crippen LogP contribution in [0.4, 0.5) is 5.69 Å². The summed E-state index contributed by atoms with van der Waals surface area (Å²) in [6.07, 6.45) is 1.16. The summed E-state index contributed by atoms with van der Waals surface area (Å²) in [6, 6.07) is 5.74. The zero-order valence-electron chi connectivity index (χ0n) is 16.8. The number of carbonyl (C=O) groups is 1. The third-order valence-electron chi connectivity index (χ3n) is 4.50. The largest absolute Gasteiger partial charge is 0.355 e. The quantitative estimate of drug-likeness (QED) is 0.553. The Bertz CT molecular complexity index is 791. The van der Waals surface area contributed by atoms with Crippen molar-refractivity contribution in [2.24, 2.45) is 5.14 Å². The Hall–Kier alpha value is -1.24. The summed E-state index contributed by atoms with van der Waals surface area (Å²) in [5.74, 6) is 0.0155. The summed E-state index contributed by atoms with van der Waals surface area (Å²) in [6.45, 7) is 5.91. The van der Waals surface area contributed by atoms with Crippen molar-refractivity contribution in [1.29, 1.82) is 0 Å². The molecule has 11 heteroatoms. The Morgan fingerprint density at radius 3 is 2.38 bits per heavy atom. The molecule has 0 aliphatic carbocycles. The van der Waals surface area contributed by atoms with Gasteiger partial charge in [-0.2, -0.15) is 0 Å². The number of amides is 1. The standard InChI is InChI=1S/C18H29N5O3S3/c1-21(2)8-3-9-22-10-12-23(13-11-22)18(27)28-14-17(24)20-15-4-6-16(7-5-15)29(19,25)26/h4-7H,3,8-14H2,1-2H3,(H,20,24)(H2,19,25,26). The van der Waals surface area contributed by atoms with E-state index in [4.69, 9.17) is 17.4 Å². The Morgan fingerprint density at radius 1 is 1.21 bits per heavy atom. The van der Waals surface area contributed by atoms with E-state index in [1.54, 1.807) is 0 Å². The van der Waals surface area contributed by atoms with Gasteiger partial charge in [0, 0.05) is 31.9 Å². The third kappa shape index (κ3) is 8.57. The van der Waals surface area contributed by atoms with Crippen LogP contribution in [0.1, 0.15) is 6.42 Å². The molecule has 0 spiro atoms. The first-order valence-corrected chi connectivity index (χ1v) is 12.3. The van der Waals surface area contributed by atoms with E-state index in [9.17, 15) is 13.2 Å². The molecule has 1 saturated heterocycles. The smallest absolute Gasteiger partial charge is 0.238 e. The number of rotatable bonds is 8. The van der Waals surface area contributed by atoms with Gasteiger partial charge >= 0.3 is 0 Å². The summed E-state index contributed by atoms with van der Waals surface area (Å²) in [5.41, 5.74) is 0.514. The SMILES string of the molecule is CN(C)CCCN1CCN(C(=S)SCC(=O)Nc2ccc(S(N)(=O)=O)cc2)CC1. The minimum atomic E-state index is -3.74. The first-order chi connectivity index (χ1) is 13.6. The molecular weight excluding hydrogens is 430 g/mol. The summed E-state index contributed by atoms with van der Waals surface area (Å²) >= 11 is 6.82. The van der Waals surface area contributed by atoms with Crippen molar-refractivity contribution >= 4 is 49.9 Å². The predicted octanol–water partition coefficient (Wildman–Crippen LogP) is 0.860. The van der Waals surface area contributed by atoms with Crippen LogP contribution >= 0.6 is 24.0 Å². The molecule has 0 atom stereocenters. The van der Waals surface area contributed by atoms with Crippen molar-refractivity contribution in [1.82, 2.24) is 14.7 Å². The second kappa shape index (κ2) is 11.2. The lowest BCUT2D eigenvalue weighted by molar-refractivity contribution is -0.113. The monoisotopic (exact) mass is 459 g/mol. The number of benzene rings is 1. The van der Waals surface area contributed by atoms with Crippen molar-refractivity contribution in [3.8, 4) is 0 Å². The van der Waals surface area contributed by atoms with Crippen LogP contribution in [-0.4, -0.2) is 92.5 Å². The maximum absolute atomic E-state index is 12.1. The van der Waals surface area contributed by atoms with E-state index in [-0.39, 0.29) is 16.6 Å². The Labute approximate surface area is 182 Å². The minimum absolute atomic E-state index is 0.00640. The first-order valence-electron chi connectivity index (χ1n) is 9.36. The average molecular weight is 460 g/mol. The molecule has 2 rings (SSSR count). The molecule has 0 radical (unpaired) electrons. The van der Waals surface area contributed by atoms with E-state index in [0.717, 1.165) is 50.0 Å². The van der Waals surface area contributed by atoms with Gasteiger partial charge in [0.25, 0.3) is 0 Å². The van der Waals surface area contributed by atoms with E-state index in [0.29, 0.717) is 5.69 Å². The summed E-state index contributed by atoms with van der Waals surface area (Å²) in [7, 11) is 0.433. The third-order valence-corrected chi connectivity index (χ3v) is 6.96. The number of anilines is 1. The molecule has 1 aliphatic heterocycles. The van der Waals surface area contributed by atoms with Crippen molar-refractivity contribution in [2.75, 3.05) is 64.4 Å². The number of piperazine rings is 1. The maximum Gasteiger partial charge on any atom is 0.238 e. The number of hydrogen-bond acceptors (Lipinski definition) is 7. The highest BCUT2D eigenvalue weighted by Crippen LogP contribution is 2.15. The molecule has 162 valence electrons. The lowest BCUT2D eigenvalue weighted by Gasteiger charge is -2.36. The molecule has 1 aromatic carbocycles. The van der Waals surface area contributed by atoms with Crippen LogP contribution in [0.15, 0.2) is 29.2 Å². The number of thiocarbonyl (C=S) groups is 1. The van der Waals surface area contributed by atoms with Gasteiger partial charge < -0.3 is 15.1 Å². The Kier molecular flexibility index (Phi) is 9.31. The van der Waals surface area contributed by atoms with Crippen LogP contribution in [0.2, 0.25) is 0 Å². The lowest BCUT2D eigenvalue weighted by Crippen LogP contribution is -2.48. The normalized spacial score (nSPS) is 15.5. The van der Waals surface area contributed by atoms with Crippen molar-refractivity contribution in [3.63, 3.8) is 0 Å². The number of nitrogens with zero attached hydrogens (tertiary/aromatic N) is 3.